The highest BCUT2D eigenvalue weighted by Gasteiger charge is 1.82. The Bertz CT molecular complexity index is 228. The van der Waals surface area contributed by atoms with Gasteiger partial charge in [-0.2, -0.15) is 0 Å². The van der Waals surface area contributed by atoms with Crippen LogP contribution in [0.5, 0.6) is 0 Å². The van der Waals surface area contributed by atoms with Gasteiger partial charge in [-0.05, 0) is 38.5 Å². The summed E-state index contributed by atoms with van der Waals surface area (Å²) in [4.78, 5) is 0. The molecule has 0 bridgehead atoms. The van der Waals surface area contributed by atoms with E-state index < -0.39 is 0 Å². The Hall–Kier alpha value is -1.04. The van der Waals surface area contributed by atoms with Gasteiger partial charge >= 0.3 is 0 Å². The molecule has 0 unspecified atom stereocenters. The highest BCUT2D eigenvalue weighted by molar-refractivity contribution is 5.10. The topological polar surface area (TPSA) is 0 Å². The van der Waals surface area contributed by atoms with Gasteiger partial charge < -0.3 is 0 Å². The SMILES string of the molecule is [CH]1/C=C/C=C/C/C=C\CCC/C=C/C1. The standard InChI is InChI=1S/C14H19/c1-2-4-6-8-10-12-14-13-11-9-7-5-3-1/h1-5,8-11H,6-7,12-14H2/b2-1+,5-3+,10-8+,11-9-. The van der Waals surface area contributed by atoms with Gasteiger partial charge in [-0.25, -0.2) is 0 Å². The maximum absolute atomic E-state index is 2.28. The highest BCUT2D eigenvalue weighted by atomic mass is 13.9. The number of hydrogen-bond acceptors (Lipinski definition) is 0. The summed E-state index contributed by atoms with van der Waals surface area (Å²) >= 11 is 0. The summed E-state index contributed by atoms with van der Waals surface area (Å²) in [7, 11) is 0. The molecule has 0 aromatic heterocycles. The Labute approximate surface area is 87.7 Å². The molecule has 1 radical (unpaired) electrons. The molecule has 0 heterocycles. The molecule has 75 valence electrons. The zero-order valence-corrected chi connectivity index (χ0v) is 8.73. The second-order valence-electron chi connectivity index (χ2n) is 3.39. The Kier molecular flexibility index (Phi) is 6.74. The van der Waals surface area contributed by atoms with E-state index in [1.165, 1.54) is 19.3 Å². The molecule has 0 N–H and O–H groups in total. The summed E-state index contributed by atoms with van der Waals surface area (Å²) in [5.74, 6) is 0. The monoisotopic (exact) mass is 187 g/mol. The van der Waals surface area contributed by atoms with Gasteiger partial charge in [-0.1, -0.05) is 48.6 Å². The van der Waals surface area contributed by atoms with Crippen LogP contribution >= 0.6 is 0 Å². The van der Waals surface area contributed by atoms with E-state index in [1.54, 1.807) is 0 Å². The van der Waals surface area contributed by atoms with Crippen molar-refractivity contribution in [2.45, 2.75) is 32.1 Å². The second-order valence-corrected chi connectivity index (χ2v) is 3.39. The predicted molar refractivity (Wildman–Crippen MR) is 63.9 cm³/mol. The predicted octanol–water partition coefficient (Wildman–Crippen LogP) is 4.38. The Morgan fingerprint density at radius 2 is 1.36 bits per heavy atom. The quantitative estimate of drug-likeness (QED) is 0.494. The van der Waals surface area contributed by atoms with Crippen LogP contribution in [0.25, 0.3) is 0 Å². The Morgan fingerprint density at radius 3 is 2.21 bits per heavy atom. The van der Waals surface area contributed by atoms with Gasteiger partial charge in [0.05, 0.1) is 0 Å². The van der Waals surface area contributed by atoms with Crippen LogP contribution in [0.3, 0.4) is 0 Å². The van der Waals surface area contributed by atoms with Crippen molar-refractivity contribution in [2.24, 2.45) is 0 Å². The van der Waals surface area contributed by atoms with Crippen LogP contribution in [0.2, 0.25) is 0 Å². The molecule has 14 heavy (non-hydrogen) atoms. The second kappa shape index (κ2) is 8.55. The lowest BCUT2D eigenvalue weighted by Gasteiger charge is -1.91. The summed E-state index contributed by atoms with van der Waals surface area (Å²) in [5.41, 5.74) is 0. The summed E-state index contributed by atoms with van der Waals surface area (Å²) < 4.78 is 0. The highest BCUT2D eigenvalue weighted by Crippen LogP contribution is 2.01. The third kappa shape index (κ3) is 6.47. The number of hydrogen-bond donors (Lipinski definition) is 0. The largest absolute Gasteiger partial charge is 0.0885 e. The van der Waals surface area contributed by atoms with E-state index in [9.17, 15) is 0 Å². The molecular weight excluding hydrogens is 168 g/mol. The average molecular weight is 187 g/mol. The van der Waals surface area contributed by atoms with Crippen LogP contribution < -0.4 is 0 Å². The van der Waals surface area contributed by atoms with Crippen LogP contribution in [0.4, 0.5) is 0 Å². The first-order valence-electron chi connectivity index (χ1n) is 5.45. The van der Waals surface area contributed by atoms with E-state index in [1.807, 2.05) is 0 Å². The first kappa shape index (κ1) is 11.0. The lowest BCUT2D eigenvalue weighted by atomic mass is 10.2. The summed E-state index contributed by atoms with van der Waals surface area (Å²) in [6.45, 7) is 0. The molecule has 0 heteroatoms. The summed E-state index contributed by atoms with van der Waals surface area (Å²) in [6.07, 6.45) is 25.5. The molecular formula is C14H19. The fraction of sp³-hybridized carbons (Fsp3) is 0.357. The van der Waals surface area contributed by atoms with Crippen LogP contribution in [0.15, 0.2) is 48.6 Å². The molecule has 0 saturated heterocycles. The van der Waals surface area contributed by atoms with Gasteiger partial charge in [0.15, 0.2) is 0 Å². The zero-order valence-electron chi connectivity index (χ0n) is 8.73. The van der Waals surface area contributed by atoms with Crippen molar-refractivity contribution in [2.75, 3.05) is 0 Å². The van der Waals surface area contributed by atoms with Crippen LogP contribution in [-0.4, -0.2) is 0 Å². The fourth-order valence-corrected chi connectivity index (χ4v) is 1.32. The Morgan fingerprint density at radius 1 is 0.571 bits per heavy atom. The van der Waals surface area contributed by atoms with Crippen molar-refractivity contribution in [1.29, 1.82) is 0 Å². The normalized spacial score (nSPS) is 28.6. The maximum atomic E-state index is 2.28. The van der Waals surface area contributed by atoms with Crippen LogP contribution in [0.1, 0.15) is 32.1 Å². The van der Waals surface area contributed by atoms with Gasteiger partial charge in [-0.15, -0.1) is 0 Å². The molecule has 0 fully saturated rings. The van der Waals surface area contributed by atoms with Gasteiger partial charge in [0.1, 0.15) is 0 Å². The van der Waals surface area contributed by atoms with Gasteiger partial charge in [0.25, 0.3) is 0 Å². The van der Waals surface area contributed by atoms with E-state index in [-0.39, 0.29) is 0 Å². The zero-order chi connectivity index (χ0) is 9.90. The minimum absolute atomic E-state index is 1.06. The molecule has 0 spiro atoms. The average Bonchev–Trinajstić information content (AvgIpc) is 2.22. The number of rotatable bonds is 0. The van der Waals surface area contributed by atoms with Crippen molar-refractivity contribution in [3.63, 3.8) is 0 Å². The molecule has 0 aliphatic heterocycles. The molecule has 1 aliphatic carbocycles. The van der Waals surface area contributed by atoms with E-state index >= 15 is 0 Å². The lowest BCUT2D eigenvalue weighted by molar-refractivity contribution is 0.863. The summed E-state index contributed by atoms with van der Waals surface area (Å²) in [6, 6.07) is 0. The molecule has 0 atom stereocenters. The molecule has 0 aromatic rings. The van der Waals surface area contributed by atoms with E-state index in [4.69, 9.17) is 0 Å². The van der Waals surface area contributed by atoms with Crippen molar-refractivity contribution >= 4 is 0 Å². The number of allylic oxidation sites excluding steroid dienone is 8. The molecule has 0 aromatic carbocycles. The van der Waals surface area contributed by atoms with E-state index in [0.29, 0.717) is 0 Å². The minimum Gasteiger partial charge on any atom is -0.0885 e. The van der Waals surface area contributed by atoms with Crippen molar-refractivity contribution in [3.8, 4) is 0 Å². The lowest BCUT2D eigenvalue weighted by Crippen LogP contribution is -1.72. The minimum atomic E-state index is 1.06. The molecule has 0 amide bonds. The van der Waals surface area contributed by atoms with Crippen molar-refractivity contribution < 1.29 is 0 Å². The first-order chi connectivity index (χ1) is 7.00. The van der Waals surface area contributed by atoms with Gasteiger partial charge in [0.2, 0.25) is 0 Å². The molecule has 1 aliphatic rings. The molecule has 1 rings (SSSR count). The van der Waals surface area contributed by atoms with Crippen LogP contribution in [0, 0.1) is 6.42 Å². The fourth-order valence-electron chi connectivity index (χ4n) is 1.32. The van der Waals surface area contributed by atoms with E-state index in [0.717, 1.165) is 12.8 Å². The van der Waals surface area contributed by atoms with Gasteiger partial charge in [0, 0.05) is 0 Å². The molecule has 0 saturated carbocycles. The van der Waals surface area contributed by atoms with E-state index in [2.05, 4.69) is 55.0 Å². The maximum Gasteiger partial charge on any atom is -0.0130 e. The molecule has 0 nitrogen and oxygen atoms in total. The third-order valence-electron chi connectivity index (χ3n) is 2.11. The Balaban J connectivity index is 2.35. The van der Waals surface area contributed by atoms with Gasteiger partial charge in [-0.3, -0.25) is 0 Å². The van der Waals surface area contributed by atoms with Crippen molar-refractivity contribution in [3.05, 3.63) is 55.0 Å². The van der Waals surface area contributed by atoms with Crippen LogP contribution in [-0.2, 0) is 0 Å². The third-order valence-corrected chi connectivity index (χ3v) is 2.11. The smallest absolute Gasteiger partial charge is 0.0130 e. The first-order valence-corrected chi connectivity index (χ1v) is 5.45. The summed E-state index contributed by atoms with van der Waals surface area (Å²) in [5, 5.41) is 0. The van der Waals surface area contributed by atoms with Crippen molar-refractivity contribution in [1.82, 2.24) is 0 Å².